The van der Waals surface area contributed by atoms with Crippen molar-refractivity contribution in [3.05, 3.63) is 34.3 Å². The molecule has 0 heterocycles. The molecule has 0 fully saturated rings. The lowest BCUT2D eigenvalue weighted by Gasteiger charge is -2.14. The molecule has 1 aromatic rings. The molecule has 0 saturated carbocycles. The van der Waals surface area contributed by atoms with Crippen LogP contribution in [0.2, 0.25) is 0 Å². The average molecular weight is 321 g/mol. The van der Waals surface area contributed by atoms with Crippen molar-refractivity contribution in [2.45, 2.75) is 13.0 Å². The van der Waals surface area contributed by atoms with Crippen LogP contribution in [0.15, 0.2) is 28.7 Å². The Labute approximate surface area is 111 Å². The Morgan fingerprint density at radius 2 is 1.88 bits per heavy atom. The number of hydrogen-bond donors (Lipinski definition) is 2. The summed E-state index contributed by atoms with van der Waals surface area (Å²) in [7, 11) is -1.50. The molecule has 0 amide bonds. The van der Waals surface area contributed by atoms with E-state index in [0.717, 1.165) is 10.0 Å². The van der Waals surface area contributed by atoms with Crippen LogP contribution in [0.5, 0.6) is 0 Å². The topological polar surface area (TPSA) is 58.2 Å². The van der Waals surface area contributed by atoms with Crippen molar-refractivity contribution in [3.8, 4) is 0 Å². The largest absolute Gasteiger partial charge is 0.319 e. The fraction of sp³-hybridized carbons (Fsp3) is 0.455. The van der Waals surface area contributed by atoms with E-state index in [1.807, 2.05) is 31.2 Å². The van der Waals surface area contributed by atoms with E-state index in [4.69, 9.17) is 0 Å². The minimum Gasteiger partial charge on any atom is -0.319 e. The Hall–Kier alpha value is -0.430. The zero-order valence-corrected chi connectivity index (χ0v) is 12.3. The Morgan fingerprint density at radius 1 is 1.29 bits per heavy atom. The Balaban J connectivity index is 2.65. The molecule has 6 heteroatoms. The van der Waals surface area contributed by atoms with Gasteiger partial charge in [-0.1, -0.05) is 28.1 Å². The first kappa shape index (κ1) is 14.6. The molecule has 0 aliphatic carbocycles. The third kappa shape index (κ3) is 5.16. The van der Waals surface area contributed by atoms with Gasteiger partial charge >= 0.3 is 0 Å². The van der Waals surface area contributed by atoms with Crippen molar-refractivity contribution < 1.29 is 8.42 Å². The lowest BCUT2D eigenvalue weighted by molar-refractivity contribution is 0.564. The highest BCUT2D eigenvalue weighted by Crippen LogP contribution is 2.17. The molecule has 4 nitrogen and oxygen atoms in total. The number of rotatable bonds is 6. The highest BCUT2D eigenvalue weighted by molar-refractivity contribution is 9.10. The van der Waals surface area contributed by atoms with Crippen molar-refractivity contribution in [1.82, 2.24) is 10.0 Å². The number of hydrogen-bond acceptors (Lipinski definition) is 3. The summed E-state index contributed by atoms with van der Waals surface area (Å²) in [5.74, 6) is 0.0877. The van der Waals surface area contributed by atoms with Crippen LogP contribution >= 0.6 is 15.9 Å². The molecule has 17 heavy (non-hydrogen) atoms. The van der Waals surface area contributed by atoms with Crippen LogP contribution in [-0.2, 0) is 10.0 Å². The van der Waals surface area contributed by atoms with Crippen molar-refractivity contribution in [2.24, 2.45) is 0 Å². The Bertz CT molecular complexity index is 445. The molecule has 96 valence electrons. The van der Waals surface area contributed by atoms with Gasteiger partial charge in [0.05, 0.1) is 5.75 Å². The van der Waals surface area contributed by atoms with Crippen molar-refractivity contribution >= 4 is 26.0 Å². The minimum absolute atomic E-state index is 0.0877. The van der Waals surface area contributed by atoms with E-state index in [9.17, 15) is 8.42 Å². The van der Waals surface area contributed by atoms with Crippen LogP contribution in [0, 0.1) is 0 Å². The highest BCUT2D eigenvalue weighted by atomic mass is 79.9. The monoisotopic (exact) mass is 320 g/mol. The van der Waals surface area contributed by atoms with Crippen molar-refractivity contribution in [1.29, 1.82) is 0 Å². The number of halogens is 1. The molecule has 0 radical (unpaired) electrons. The molecule has 2 N–H and O–H groups in total. The van der Waals surface area contributed by atoms with Gasteiger partial charge in [0.1, 0.15) is 0 Å². The summed E-state index contributed by atoms with van der Waals surface area (Å²) in [6, 6.07) is 7.37. The molecule has 1 atom stereocenters. The normalized spacial score (nSPS) is 13.6. The first-order chi connectivity index (χ1) is 7.94. The van der Waals surface area contributed by atoms with Gasteiger partial charge in [-0.05, 0) is 31.7 Å². The summed E-state index contributed by atoms with van der Waals surface area (Å²) in [5.41, 5.74) is 0.946. The Morgan fingerprint density at radius 3 is 2.41 bits per heavy atom. The molecule has 0 saturated heterocycles. The van der Waals surface area contributed by atoms with E-state index < -0.39 is 10.0 Å². The second kappa shape index (κ2) is 6.49. The third-order valence-corrected chi connectivity index (χ3v) is 4.33. The predicted octanol–water partition coefficient (Wildman–Crippen LogP) is 1.65. The van der Waals surface area contributed by atoms with Crippen LogP contribution in [0.25, 0.3) is 0 Å². The summed E-state index contributed by atoms with van der Waals surface area (Å²) >= 11 is 3.34. The molecule has 0 spiro atoms. The summed E-state index contributed by atoms with van der Waals surface area (Å²) in [6.45, 7) is 2.28. The molecule has 0 aromatic heterocycles. The van der Waals surface area contributed by atoms with Gasteiger partial charge in [0, 0.05) is 17.1 Å². The second-order valence-corrected chi connectivity index (χ2v) is 6.60. The van der Waals surface area contributed by atoms with E-state index in [0.29, 0.717) is 6.54 Å². The number of nitrogens with one attached hydrogen (secondary N) is 2. The summed E-state index contributed by atoms with van der Waals surface area (Å²) in [5, 5.41) is 2.82. The van der Waals surface area contributed by atoms with Gasteiger partial charge < -0.3 is 5.32 Å². The summed E-state index contributed by atoms with van der Waals surface area (Å²) in [4.78, 5) is 0. The minimum atomic E-state index is -3.23. The van der Waals surface area contributed by atoms with Crippen LogP contribution in [0.4, 0.5) is 0 Å². The van der Waals surface area contributed by atoms with Gasteiger partial charge in [-0.25, -0.2) is 13.1 Å². The third-order valence-electron chi connectivity index (χ3n) is 2.35. The van der Waals surface area contributed by atoms with Gasteiger partial charge in [0.15, 0.2) is 0 Å². The maximum absolute atomic E-state index is 11.7. The maximum atomic E-state index is 11.7. The second-order valence-electron chi connectivity index (χ2n) is 3.81. The number of sulfonamides is 1. The highest BCUT2D eigenvalue weighted by Gasteiger charge is 2.14. The SMILES string of the molecule is CNCCS(=O)(=O)NC(C)c1ccc(Br)cc1. The first-order valence-corrected chi connectivity index (χ1v) is 7.79. The number of benzene rings is 1. The van der Waals surface area contributed by atoms with E-state index in [1.54, 1.807) is 7.05 Å². The van der Waals surface area contributed by atoms with Crippen LogP contribution in [0.3, 0.4) is 0 Å². The van der Waals surface area contributed by atoms with E-state index in [2.05, 4.69) is 26.0 Å². The quantitative estimate of drug-likeness (QED) is 0.838. The molecular formula is C11H17BrN2O2S. The van der Waals surface area contributed by atoms with Crippen LogP contribution in [-0.4, -0.2) is 27.8 Å². The van der Waals surface area contributed by atoms with Gasteiger partial charge in [0.25, 0.3) is 0 Å². The molecule has 1 unspecified atom stereocenters. The van der Waals surface area contributed by atoms with Crippen LogP contribution < -0.4 is 10.0 Å². The Kier molecular flexibility index (Phi) is 5.58. The molecule has 1 aromatic carbocycles. The average Bonchev–Trinajstić information content (AvgIpc) is 2.26. The summed E-state index contributed by atoms with van der Waals surface area (Å²) < 4.78 is 27.0. The smallest absolute Gasteiger partial charge is 0.213 e. The molecular weight excluding hydrogens is 304 g/mol. The van der Waals surface area contributed by atoms with Gasteiger partial charge in [-0.3, -0.25) is 0 Å². The van der Waals surface area contributed by atoms with E-state index in [-0.39, 0.29) is 11.8 Å². The predicted molar refractivity (Wildman–Crippen MR) is 73.4 cm³/mol. The standard InChI is InChI=1S/C11H17BrN2O2S/c1-9(10-3-5-11(12)6-4-10)14-17(15,16)8-7-13-2/h3-6,9,13-14H,7-8H2,1-2H3. The fourth-order valence-electron chi connectivity index (χ4n) is 1.38. The van der Waals surface area contributed by atoms with Crippen molar-refractivity contribution in [3.63, 3.8) is 0 Å². The first-order valence-electron chi connectivity index (χ1n) is 5.34. The van der Waals surface area contributed by atoms with E-state index in [1.165, 1.54) is 0 Å². The fourth-order valence-corrected chi connectivity index (χ4v) is 2.91. The lowest BCUT2D eigenvalue weighted by Crippen LogP contribution is -2.32. The van der Waals surface area contributed by atoms with Crippen molar-refractivity contribution in [2.75, 3.05) is 19.3 Å². The maximum Gasteiger partial charge on any atom is 0.213 e. The van der Waals surface area contributed by atoms with E-state index >= 15 is 0 Å². The molecule has 1 rings (SSSR count). The summed E-state index contributed by atoms with van der Waals surface area (Å²) in [6.07, 6.45) is 0. The lowest BCUT2D eigenvalue weighted by atomic mass is 10.1. The molecule has 0 aliphatic rings. The molecule has 0 bridgehead atoms. The van der Waals surface area contributed by atoms with Gasteiger partial charge in [-0.2, -0.15) is 0 Å². The molecule has 0 aliphatic heterocycles. The van der Waals surface area contributed by atoms with Gasteiger partial charge in [-0.15, -0.1) is 0 Å². The van der Waals surface area contributed by atoms with Crippen LogP contribution in [0.1, 0.15) is 18.5 Å². The zero-order valence-electron chi connectivity index (χ0n) is 9.90. The van der Waals surface area contributed by atoms with Gasteiger partial charge in [0.2, 0.25) is 10.0 Å². The zero-order chi connectivity index (χ0) is 12.9.